The summed E-state index contributed by atoms with van der Waals surface area (Å²) in [6.45, 7) is 2.50. The molecular weight excluding hydrogens is 370 g/mol. The molecule has 144 valence electrons. The third kappa shape index (κ3) is 5.57. The third-order valence-corrected chi connectivity index (χ3v) is 4.99. The monoisotopic (exact) mass is 393 g/mol. The number of amides is 1. The van der Waals surface area contributed by atoms with Gasteiger partial charge in [0.2, 0.25) is 5.91 Å². The van der Waals surface area contributed by atoms with E-state index in [0.717, 1.165) is 34.7 Å². The van der Waals surface area contributed by atoms with E-state index in [9.17, 15) is 4.79 Å². The number of ether oxygens (including phenoxy) is 1. The van der Waals surface area contributed by atoms with Crippen LogP contribution in [0, 0.1) is 6.92 Å². The van der Waals surface area contributed by atoms with Crippen molar-refractivity contribution in [3.63, 3.8) is 0 Å². The number of hydrogen-bond acceptors (Lipinski definition) is 5. The van der Waals surface area contributed by atoms with Crippen LogP contribution in [0.15, 0.2) is 65.8 Å². The number of benzene rings is 2. The molecule has 0 aliphatic heterocycles. The van der Waals surface area contributed by atoms with E-state index in [1.165, 1.54) is 11.8 Å². The lowest BCUT2D eigenvalue weighted by Gasteiger charge is -2.09. The summed E-state index contributed by atoms with van der Waals surface area (Å²) in [6, 6.07) is 19.7. The van der Waals surface area contributed by atoms with Crippen molar-refractivity contribution in [1.82, 2.24) is 15.3 Å². The molecule has 2 aromatic carbocycles. The molecule has 0 saturated heterocycles. The van der Waals surface area contributed by atoms with Crippen LogP contribution in [0.4, 0.5) is 0 Å². The molecule has 0 spiro atoms. The maximum atomic E-state index is 12.2. The quantitative estimate of drug-likeness (QED) is 0.464. The number of rotatable bonds is 8. The van der Waals surface area contributed by atoms with Crippen LogP contribution < -0.4 is 10.1 Å². The minimum absolute atomic E-state index is 0.0359. The van der Waals surface area contributed by atoms with Gasteiger partial charge in [-0.25, -0.2) is 9.97 Å². The Morgan fingerprint density at radius 2 is 1.82 bits per heavy atom. The summed E-state index contributed by atoms with van der Waals surface area (Å²) in [4.78, 5) is 21.2. The number of nitrogens with one attached hydrogen (secondary N) is 1. The van der Waals surface area contributed by atoms with Gasteiger partial charge in [0.15, 0.2) is 5.16 Å². The molecule has 28 heavy (non-hydrogen) atoms. The summed E-state index contributed by atoms with van der Waals surface area (Å²) in [5, 5.41) is 3.55. The lowest BCUT2D eigenvalue weighted by Crippen LogP contribution is -2.27. The van der Waals surface area contributed by atoms with Gasteiger partial charge in [-0.05, 0) is 31.0 Å². The third-order valence-electron chi connectivity index (χ3n) is 4.14. The predicted molar refractivity (Wildman–Crippen MR) is 113 cm³/mol. The van der Waals surface area contributed by atoms with Crippen LogP contribution in [0.1, 0.15) is 11.3 Å². The first-order valence-corrected chi connectivity index (χ1v) is 10.1. The molecule has 3 aromatic rings. The van der Waals surface area contributed by atoms with Crippen LogP contribution in [-0.4, -0.2) is 35.3 Å². The Morgan fingerprint density at radius 3 is 2.61 bits per heavy atom. The fraction of sp³-hybridized carbons (Fsp3) is 0.227. The zero-order valence-electron chi connectivity index (χ0n) is 16.0. The second-order valence-electron chi connectivity index (χ2n) is 6.24. The molecule has 0 fully saturated rings. The number of aryl methyl sites for hydroxylation is 1. The fourth-order valence-electron chi connectivity index (χ4n) is 2.79. The minimum Gasteiger partial charge on any atom is -0.496 e. The highest BCUT2D eigenvalue weighted by Gasteiger charge is 2.09. The van der Waals surface area contributed by atoms with Gasteiger partial charge in [-0.2, -0.15) is 0 Å². The standard InChI is InChI=1S/C22H23N3O2S/c1-16-14-19(17-8-4-3-5-9-17)25-22(24-16)28-15-21(26)23-13-12-18-10-6-7-11-20(18)27-2/h3-11,14H,12-13,15H2,1-2H3,(H,23,26). The maximum Gasteiger partial charge on any atom is 0.230 e. The number of para-hydroxylation sites is 1. The first kappa shape index (κ1) is 19.9. The molecule has 5 nitrogen and oxygen atoms in total. The van der Waals surface area contributed by atoms with E-state index < -0.39 is 0 Å². The summed E-state index contributed by atoms with van der Waals surface area (Å²) in [7, 11) is 1.65. The lowest BCUT2D eigenvalue weighted by atomic mass is 10.1. The van der Waals surface area contributed by atoms with Crippen LogP contribution in [-0.2, 0) is 11.2 Å². The molecule has 1 amide bonds. The molecule has 3 rings (SSSR count). The molecule has 0 radical (unpaired) electrons. The smallest absolute Gasteiger partial charge is 0.230 e. The Balaban J connectivity index is 1.52. The van der Waals surface area contributed by atoms with E-state index >= 15 is 0 Å². The average Bonchev–Trinajstić information content (AvgIpc) is 2.73. The van der Waals surface area contributed by atoms with Gasteiger partial charge in [0.25, 0.3) is 0 Å². The molecule has 1 heterocycles. The van der Waals surface area contributed by atoms with Gasteiger partial charge in [0.1, 0.15) is 5.75 Å². The Labute approximate surface area is 169 Å². The van der Waals surface area contributed by atoms with Crippen molar-refractivity contribution in [2.45, 2.75) is 18.5 Å². The molecular formula is C22H23N3O2S. The van der Waals surface area contributed by atoms with Crippen molar-refractivity contribution in [3.8, 4) is 17.0 Å². The highest BCUT2D eigenvalue weighted by Crippen LogP contribution is 2.21. The lowest BCUT2D eigenvalue weighted by molar-refractivity contribution is -0.118. The zero-order valence-corrected chi connectivity index (χ0v) is 16.8. The number of nitrogens with zero attached hydrogens (tertiary/aromatic N) is 2. The van der Waals surface area contributed by atoms with Crippen LogP contribution in [0.25, 0.3) is 11.3 Å². The Hall–Kier alpha value is -2.86. The number of methoxy groups -OCH3 is 1. The summed E-state index contributed by atoms with van der Waals surface area (Å²) >= 11 is 1.35. The molecule has 0 bridgehead atoms. The molecule has 0 atom stereocenters. The molecule has 1 N–H and O–H groups in total. The van der Waals surface area contributed by atoms with E-state index in [-0.39, 0.29) is 11.7 Å². The van der Waals surface area contributed by atoms with E-state index in [0.29, 0.717) is 11.7 Å². The largest absolute Gasteiger partial charge is 0.496 e. The van der Waals surface area contributed by atoms with E-state index in [1.807, 2.05) is 67.6 Å². The zero-order chi connectivity index (χ0) is 19.8. The summed E-state index contributed by atoms with van der Waals surface area (Å²) in [5.74, 6) is 1.09. The van der Waals surface area contributed by atoms with E-state index in [4.69, 9.17) is 4.74 Å². The van der Waals surface area contributed by atoms with Gasteiger partial charge in [-0.15, -0.1) is 0 Å². The number of aromatic nitrogens is 2. The topological polar surface area (TPSA) is 64.1 Å². The summed E-state index contributed by atoms with van der Waals surface area (Å²) < 4.78 is 5.33. The maximum absolute atomic E-state index is 12.2. The Morgan fingerprint density at radius 1 is 1.07 bits per heavy atom. The van der Waals surface area contributed by atoms with E-state index in [1.54, 1.807) is 7.11 Å². The summed E-state index contributed by atoms with van der Waals surface area (Å²) in [6.07, 6.45) is 0.722. The fourth-order valence-corrected chi connectivity index (χ4v) is 3.52. The minimum atomic E-state index is -0.0359. The van der Waals surface area contributed by atoms with Crippen molar-refractivity contribution in [1.29, 1.82) is 0 Å². The van der Waals surface area contributed by atoms with Gasteiger partial charge in [0, 0.05) is 17.8 Å². The molecule has 0 saturated carbocycles. The number of hydrogen-bond donors (Lipinski definition) is 1. The normalized spacial score (nSPS) is 10.5. The molecule has 1 aromatic heterocycles. The van der Waals surface area contributed by atoms with Crippen LogP contribution >= 0.6 is 11.8 Å². The highest BCUT2D eigenvalue weighted by atomic mass is 32.2. The van der Waals surface area contributed by atoms with Crippen molar-refractivity contribution in [2.24, 2.45) is 0 Å². The van der Waals surface area contributed by atoms with Gasteiger partial charge < -0.3 is 10.1 Å². The SMILES string of the molecule is COc1ccccc1CCNC(=O)CSc1nc(C)cc(-c2ccccc2)n1. The first-order valence-electron chi connectivity index (χ1n) is 9.08. The average molecular weight is 394 g/mol. The van der Waals surface area contributed by atoms with E-state index in [2.05, 4.69) is 15.3 Å². The van der Waals surface area contributed by atoms with Gasteiger partial charge in [0.05, 0.1) is 18.6 Å². The predicted octanol–water partition coefficient (Wildman–Crippen LogP) is 3.91. The molecule has 6 heteroatoms. The van der Waals surface area contributed by atoms with Crippen molar-refractivity contribution >= 4 is 17.7 Å². The highest BCUT2D eigenvalue weighted by molar-refractivity contribution is 7.99. The van der Waals surface area contributed by atoms with Gasteiger partial charge >= 0.3 is 0 Å². The molecule has 0 unspecified atom stereocenters. The van der Waals surface area contributed by atoms with Crippen LogP contribution in [0.2, 0.25) is 0 Å². The van der Waals surface area contributed by atoms with Gasteiger partial charge in [-0.3, -0.25) is 4.79 Å². The van der Waals surface area contributed by atoms with Crippen LogP contribution in [0.5, 0.6) is 5.75 Å². The second-order valence-corrected chi connectivity index (χ2v) is 7.19. The van der Waals surface area contributed by atoms with Gasteiger partial charge in [-0.1, -0.05) is 60.3 Å². The Bertz CT molecular complexity index is 932. The molecule has 0 aliphatic carbocycles. The van der Waals surface area contributed by atoms with Crippen LogP contribution in [0.3, 0.4) is 0 Å². The number of thioether (sulfide) groups is 1. The molecule has 0 aliphatic rings. The summed E-state index contributed by atoms with van der Waals surface area (Å²) in [5.41, 5.74) is 3.86. The Kier molecular flexibility index (Phi) is 7.03. The van der Waals surface area contributed by atoms with Crippen molar-refractivity contribution in [3.05, 3.63) is 71.9 Å². The number of carbonyl (C=O) groups is 1. The number of carbonyl (C=O) groups excluding carboxylic acids is 1. The van der Waals surface area contributed by atoms with Crippen molar-refractivity contribution in [2.75, 3.05) is 19.4 Å². The first-order chi connectivity index (χ1) is 13.7. The second kappa shape index (κ2) is 9.90. The van der Waals surface area contributed by atoms with Crippen molar-refractivity contribution < 1.29 is 9.53 Å².